The van der Waals surface area contributed by atoms with Crippen molar-refractivity contribution >= 4 is 17.4 Å². The molecule has 7 heteroatoms. The molecule has 29 heavy (non-hydrogen) atoms. The third kappa shape index (κ3) is 5.52. The van der Waals surface area contributed by atoms with Gasteiger partial charge in [-0.3, -0.25) is 14.6 Å². The van der Waals surface area contributed by atoms with Crippen LogP contribution in [0.25, 0.3) is 11.1 Å². The van der Waals surface area contributed by atoms with E-state index in [1.54, 1.807) is 24.5 Å². The lowest BCUT2D eigenvalue weighted by Crippen LogP contribution is -2.28. The highest BCUT2D eigenvalue weighted by molar-refractivity contribution is 6.03. The first-order valence-electron chi connectivity index (χ1n) is 9.42. The average molecular weight is 389 g/mol. The second-order valence-electron chi connectivity index (χ2n) is 6.58. The van der Waals surface area contributed by atoms with Crippen molar-refractivity contribution in [3.63, 3.8) is 0 Å². The standard InChI is InChI=1S/C22H23N5O2/c1-3-16-5-4-6-17(9-16)18-10-20(22(15(2)28)25-11-18)27-21(29)13-24-12-19-7-8-23-14-26-19/h4-11,14,24H,3,12-13H2,1-2H3,(H,27,29). The second kappa shape index (κ2) is 9.66. The van der Waals surface area contributed by atoms with E-state index in [0.717, 1.165) is 23.2 Å². The van der Waals surface area contributed by atoms with E-state index in [9.17, 15) is 9.59 Å². The number of aryl methyl sites for hydroxylation is 1. The maximum atomic E-state index is 12.4. The Morgan fingerprint density at radius 2 is 1.93 bits per heavy atom. The number of nitrogens with zero attached hydrogens (tertiary/aromatic N) is 3. The van der Waals surface area contributed by atoms with Crippen molar-refractivity contribution in [2.24, 2.45) is 0 Å². The molecule has 0 aliphatic carbocycles. The summed E-state index contributed by atoms with van der Waals surface area (Å²) in [7, 11) is 0. The fourth-order valence-electron chi connectivity index (χ4n) is 2.89. The number of rotatable bonds is 8. The average Bonchev–Trinajstić information content (AvgIpc) is 2.74. The van der Waals surface area contributed by atoms with Gasteiger partial charge in [-0.1, -0.05) is 31.2 Å². The number of ketones is 1. The Bertz CT molecular complexity index is 1010. The van der Waals surface area contributed by atoms with Crippen LogP contribution in [0.1, 0.15) is 35.6 Å². The molecule has 0 saturated heterocycles. The van der Waals surface area contributed by atoms with E-state index in [2.05, 4.69) is 44.6 Å². The van der Waals surface area contributed by atoms with Crippen molar-refractivity contribution in [3.05, 3.63) is 72.1 Å². The molecule has 2 aromatic heterocycles. The van der Waals surface area contributed by atoms with Crippen molar-refractivity contribution in [2.75, 3.05) is 11.9 Å². The van der Waals surface area contributed by atoms with Gasteiger partial charge in [-0.25, -0.2) is 9.97 Å². The van der Waals surface area contributed by atoms with Crippen LogP contribution < -0.4 is 10.6 Å². The Balaban J connectivity index is 1.73. The van der Waals surface area contributed by atoms with Gasteiger partial charge in [-0.05, 0) is 29.7 Å². The monoisotopic (exact) mass is 389 g/mol. The molecule has 0 bridgehead atoms. The molecule has 2 N–H and O–H groups in total. The topological polar surface area (TPSA) is 96.9 Å². The van der Waals surface area contributed by atoms with E-state index in [0.29, 0.717) is 12.2 Å². The highest BCUT2D eigenvalue weighted by Gasteiger charge is 2.14. The minimum atomic E-state index is -0.261. The molecular formula is C22H23N5O2. The Labute approximate surface area is 169 Å². The molecule has 0 aliphatic heterocycles. The third-order valence-corrected chi connectivity index (χ3v) is 4.40. The first kappa shape index (κ1) is 20.3. The largest absolute Gasteiger partial charge is 0.323 e. The van der Waals surface area contributed by atoms with E-state index < -0.39 is 0 Å². The smallest absolute Gasteiger partial charge is 0.238 e. The number of carbonyl (C=O) groups is 2. The summed E-state index contributed by atoms with van der Waals surface area (Å²) in [6, 6.07) is 11.7. The molecule has 0 fully saturated rings. The van der Waals surface area contributed by atoms with Gasteiger partial charge in [0, 0.05) is 31.4 Å². The molecule has 0 atom stereocenters. The number of amides is 1. The molecule has 3 rings (SSSR count). The van der Waals surface area contributed by atoms with E-state index >= 15 is 0 Å². The van der Waals surface area contributed by atoms with E-state index in [1.807, 2.05) is 12.1 Å². The van der Waals surface area contributed by atoms with Gasteiger partial charge < -0.3 is 10.6 Å². The molecule has 2 heterocycles. The van der Waals surface area contributed by atoms with Crippen molar-refractivity contribution < 1.29 is 9.59 Å². The molecule has 3 aromatic rings. The summed E-state index contributed by atoms with van der Waals surface area (Å²) in [6.07, 6.45) is 5.69. The van der Waals surface area contributed by atoms with Gasteiger partial charge in [-0.15, -0.1) is 0 Å². The quantitative estimate of drug-likeness (QED) is 0.575. The maximum Gasteiger partial charge on any atom is 0.238 e. The van der Waals surface area contributed by atoms with Gasteiger partial charge in [0.2, 0.25) is 5.91 Å². The summed E-state index contributed by atoms with van der Waals surface area (Å²) in [4.78, 5) is 36.6. The number of benzene rings is 1. The van der Waals surface area contributed by atoms with Crippen LogP contribution in [0, 0.1) is 0 Å². The Morgan fingerprint density at radius 1 is 1.07 bits per heavy atom. The fourth-order valence-corrected chi connectivity index (χ4v) is 2.89. The van der Waals surface area contributed by atoms with E-state index in [4.69, 9.17) is 0 Å². The van der Waals surface area contributed by atoms with Crippen LogP contribution in [0.4, 0.5) is 5.69 Å². The number of pyridine rings is 1. The van der Waals surface area contributed by atoms with E-state index in [1.165, 1.54) is 18.8 Å². The van der Waals surface area contributed by atoms with Crippen molar-refractivity contribution in [1.29, 1.82) is 0 Å². The van der Waals surface area contributed by atoms with Crippen molar-refractivity contribution in [3.8, 4) is 11.1 Å². The lowest BCUT2D eigenvalue weighted by Gasteiger charge is -2.12. The van der Waals surface area contributed by atoms with Crippen LogP contribution in [0.15, 0.2) is 55.1 Å². The highest BCUT2D eigenvalue weighted by Crippen LogP contribution is 2.25. The number of hydrogen-bond donors (Lipinski definition) is 2. The molecular weight excluding hydrogens is 366 g/mol. The van der Waals surface area contributed by atoms with Crippen LogP contribution in [-0.2, 0) is 17.8 Å². The maximum absolute atomic E-state index is 12.4. The third-order valence-electron chi connectivity index (χ3n) is 4.40. The first-order chi connectivity index (χ1) is 14.1. The number of hydrogen-bond acceptors (Lipinski definition) is 6. The Hall–Kier alpha value is -3.45. The lowest BCUT2D eigenvalue weighted by molar-refractivity contribution is -0.115. The molecule has 0 aliphatic rings. The zero-order valence-corrected chi connectivity index (χ0v) is 16.5. The fraction of sp³-hybridized carbons (Fsp3) is 0.227. The minimum absolute atomic E-state index is 0.0803. The zero-order chi connectivity index (χ0) is 20.6. The second-order valence-corrected chi connectivity index (χ2v) is 6.58. The summed E-state index contributed by atoms with van der Waals surface area (Å²) in [6.45, 7) is 4.05. The van der Waals surface area contributed by atoms with Gasteiger partial charge in [0.1, 0.15) is 12.0 Å². The van der Waals surface area contributed by atoms with Gasteiger partial charge >= 0.3 is 0 Å². The van der Waals surface area contributed by atoms with Crippen LogP contribution in [-0.4, -0.2) is 33.2 Å². The molecule has 7 nitrogen and oxygen atoms in total. The van der Waals surface area contributed by atoms with Crippen LogP contribution in [0.2, 0.25) is 0 Å². The van der Waals surface area contributed by atoms with Gasteiger partial charge in [0.05, 0.1) is 17.9 Å². The Kier molecular flexibility index (Phi) is 6.76. The van der Waals surface area contributed by atoms with Crippen molar-refractivity contribution in [2.45, 2.75) is 26.8 Å². The van der Waals surface area contributed by atoms with E-state index in [-0.39, 0.29) is 23.9 Å². The zero-order valence-electron chi connectivity index (χ0n) is 16.5. The molecule has 0 unspecified atom stereocenters. The van der Waals surface area contributed by atoms with Crippen LogP contribution >= 0.6 is 0 Å². The molecule has 0 spiro atoms. The summed E-state index contributed by atoms with van der Waals surface area (Å²) in [5.41, 5.74) is 4.48. The highest BCUT2D eigenvalue weighted by atomic mass is 16.2. The summed E-state index contributed by atoms with van der Waals surface area (Å²) in [5.74, 6) is -0.467. The minimum Gasteiger partial charge on any atom is -0.323 e. The molecule has 1 amide bonds. The molecule has 0 radical (unpaired) electrons. The predicted octanol–water partition coefficient (Wildman–Crippen LogP) is 3.03. The Morgan fingerprint density at radius 3 is 2.66 bits per heavy atom. The number of anilines is 1. The van der Waals surface area contributed by atoms with Gasteiger partial charge in [0.25, 0.3) is 0 Å². The van der Waals surface area contributed by atoms with Gasteiger partial charge in [-0.2, -0.15) is 0 Å². The molecule has 0 saturated carbocycles. The summed E-state index contributed by atoms with van der Waals surface area (Å²) in [5, 5.41) is 5.82. The molecule has 1 aromatic carbocycles. The normalized spacial score (nSPS) is 10.6. The lowest BCUT2D eigenvalue weighted by atomic mass is 10.0. The van der Waals surface area contributed by atoms with Crippen molar-refractivity contribution in [1.82, 2.24) is 20.3 Å². The molecule has 148 valence electrons. The number of aromatic nitrogens is 3. The summed E-state index contributed by atoms with van der Waals surface area (Å²) < 4.78 is 0. The summed E-state index contributed by atoms with van der Waals surface area (Å²) >= 11 is 0. The number of carbonyl (C=O) groups excluding carboxylic acids is 2. The number of Topliss-reactive ketones (excluding diaryl/α,β-unsaturated/α-hetero) is 1. The van der Waals surface area contributed by atoms with Crippen LogP contribution in [0.3, 0.4) is 0 Å². The van der Waals surface area contributed by atoms with Crippen LogP contribution in [0.5, 0.6) is 0 Å². The first-order valence-corrected chi connectivity index (χ1v) is 9.42. The predicted molar refractivity (Wildman–Crippen MR) is 111 cm³/mol. The SMILES string of the molecule is CCc1cccc(-c2cnc(C(C)=O)c(NC(=O)CNCc3ccncn3)c2)c1. The number of nitrogens with one attached hydrogen (secondary N) is 2. The van der Waals surface area contributed by atoms with Gasteiger partial charge in [0.15, 0.2) is 5.78 Å².